The highest BCUT2D eigenvalue weighted by molar-refractivity contribution is 5.89. The van der Waals surface area contributed by atoms with Crippen LogP contribution < -0.4 is 16.0 Å². The van der Waals surface area contributed by atoms with Crippen molar-refractivity contribution in [2.75, 3.05) is 23.7 Å². The Morgan fingerprint density at radius 1 is 1.28 bits per heavy atom. The van der Waals surface area contributed by atoms with Crippen molar-refractivity contribution in [2.45, 2.75) is 51.6 Å². The van der Waals surface area contributed by atoms with E-state index in [4.69, 9.17) is 0 Å². The fourth-order valence-electron chi connectivity index (χ4n) is 2.84. The zero-order chi connectivity index (χ0) is 18.0. The maximum Gasteiger partial charge on any atom is 0.280 e. The second kappa shape index (κ2) is 7.03. The van der Waals surface area contributed by atoms with Crippen molar-refractivity contribution in [1.82, 2.24) is 20.3 Å². The topological polar surface area (TPSA) is 74.8 Å². The van der Waals surface area contributed by atoms with Crippen LogP contribution in [0.5, 0.6) is 0 Å². The molecule has 3 heterocycles. The van der Waals surface area contributed by atoms with Crippen LogP contribution in [-0.4, -0.2) is 39.6 Å². The summed E-state index contributed by atoms with van der Waals surface area (Å²) in [4.78, 5) is 12.9. The Hall–Kier alpha value is -2.09. The Bertz CT molecular complexity index is 738. The van der Waals surface area contributed by atoms with E-state index in [1.165, 1.54) is 6.07 Å². The highest BCUT2D eigenvalue weighted by atomic mass is 19.3. The Morgan fingerprint density at radius 3 is 2.72 bits per heavy atom. The van der Waals surface area contributed by atoms with Crippen molar-refractivity contribution in [3.05, 3.63) is 18.0 Å². The molecule has 25 heavy (non-hydrogen) atoms. The van der Waals surface area contributed by atoms with Crippen LogP contribution in [0, 0.1) is 0 Å². The molecule has 6 nitrogen and oxygen atoms in total. The van der Waals surface area contributed by atoms with E-state index >= 15 is 0 Å². The molecule has 2 aromatic heterocycles. The third kappa shape index (κ3) is 4.50. The smallest absolute Gasteiger partial charge is 0.280 e. The minimum atomic E-state index is -2.64. The number of aromatic nitrogens is 3. The molecule has 8 heteroatoms. The molecule has 1 unspecified atom stereocenters. The number of halogens is 2. The highest BCUT2D eigenvalue weighted by Crippen LogP contribution is 2.28. The first-order valence-corrected chi connectivity index (χ1v) is 8.53. The van der Waals surface area contributed by atoms with E-state index in [0.29, 0.717) is 22.7 Å². The Morgan fingerprint density at radius 2 is 2.08 bits per heavy atom. The molecule has 1 aliphatic heterocycles. The molecule has 136 valence electrons. The first-order chi connectivity index (χ1) is 11.8. The van der Waals surface area contributed by atoms with Crippen molar-refractivity contribution in [2.24, 2.45) is 0 Å². The van der Waals surface area contributed by atoms with Crippen LogP contribution in [0.15, 0.2) is 12.3 Å². The molecule has 1 saturated heterocycles. The molecule has 0 aromatic carbocycles. The summed E-state index contributed by atoms with van der Waals surface area (Å²) in [6.07, 6.45) is 1.07. The van der Waals surface area contributed by atoms with Gasteiger partial charge in [-0.25, -0.2) is 23.7 Å². The third-order valence-corrected chi connectivity index (χ3v) is 3.93. The summed E-state index contributed by atoms with van der Waals surface area (Å²) in [5, 5.41) is 10.4. The summed E-state index contributed by atoms with van der Waals surface area (Å²) in [6, 6.07) is 1.61. The number of anilines is 2. The first kappa shape index (κ1) is 17.7. The summed E-state index contributed by atoms with van der Waals surface area (Å²) >= 11 is 0. The standard InChI is InChI=1S/C17H24F2N6/c1-17(2,3)25-15-13-10(7-12(23-15)14(18)19)8-21-16(24-13)22-11-5-4-6-20-9-11/h7-8,11,14,20H,4-6,9H2,1-3H3,(H,23,25)(H,21,22,24). The zero-order valence-electron chi connectivity index (χ0n) is 14.7. The van der Waals surface area contributed by atoms with Crippen LogP contribution in [0.25, 0.3) is 10.9 Å². The van der Waals surface area contributed by atoms with Gasteiger partial charge in [0, 0.05) is 29.7 Å². The maximum absolute atomic E-state index is 13.1. The number of nitrogens with zero attached hydrogens (tertiary/aromatic N) is 3. The average Bonchev–Trinajstić information content (AvgIpc) is 2.54. The summed E-state index contributed by atoms with van der Waals surface area (Å²) in [6.45, 7) is 7.73. The van der Waals surface area contributed by atoms with Crippen LogP contribution in [-0.2, 0) is 0 Å². The predicted octanol–water partition coefficient (Wildman–Crippen LogP) is 3.34. The normalized spacial score (nSPS) is 18.6. The number of fused-ring (bicyclic) bond motifs is 1. The van der Waals surface area contributed by atoms with E-state index in [9.17, 15) is 8.78 Å². The highest BCUT2D eigenvalue weighted by Gasteiger charge is 2.20. The molecule has 3 N–H and O–H groups in total. The molecule has 1 aliphatic rings. The molecule has 0 saturated carbocycles. The number of piperidine rings is 1. The lowest BCUT2D eigenvalue weighted by molar-refractivity contribution is 0.146. The Kier molecular flexibility index (Phi) is 4.99. The summed E-state index contributed by atoms with van der Waals surface area (Å²) in [5.74, 6) is 0.845. The van der Waals surface area contributed by atoms with E-state index in [1.807, 2.05) is 20.8 Å². The van der Waals surface area contributed by atoms with Crippen LogP contribution >= 0.6 is 0 Å². The Labute approximate surface area is 145 Å². The van der Waals surface area contributed by atoms with E-state index in [1.54, 1.807) is 6.20 Å². The molecule has 1 atom stereocenters. The molecule has 0 amide bonds. The van der Waals surface area contributed by atoms with Gasteiger partial charge in [0.25, 0.3) is 6.43 Å². The van der Waals surface area contributed by atoms with E-state index in [2.05, 4.69) is 30.9 Å². The fraction of sp³-hybridized carbons (Fsp3) is 0.588. The van der Waals surface area contributed by atoms with Gasteiger partial charge in [-0.1, -0.05) is 0 Å². The van der Waals surface area contributed by atoms with E-state index in [0.717, 1.165) is 25.9 Å². The quantitative estimate of drug-likeness (QED) is 0.785. The minimum Gasteiger partial charge on any atom is -0.364 e. The van der Waals surface area contributed by atoms with Gasteiger partial charge in [-0.2, -0.15) is 0 Å². The number of hydrogen-bond acceptors (Lipinski definition) is 6. The predicted molar refractivity (Wildman–Crippen MR) is 95.2 cm³/mol. The molecule has 0 bridgehead atoms. The lowest BCUT2D eigenvalue weighted by Crippen LogP contribution is -2.38. The number of rotatable bonds is 4. The molecular weight excluding hydrogens is 326 g/mol. The summed E-state index contributed by atoms with van der Waals surface area (Å²) in [7, 11) is 0. The van der Waals surface area contributed by atoms with Gasteiger partial charge >= 0.3 is 0 Å². The largest absolute Gasteiger partial charge is 0.364 e. The number of pyridine rings is 1. The van der Waals surface area contributed by atoms with Gasteiger partial charge in [0.15, 0.2) is 5.82 Å². The average molecular weight is 350 g/mol. The second-order valence-corrected chi connectivity index (χ2v) is 7.39. The van der Waals surface area contributed by atoms with Crippen molar-refractivity contribution in [3.63, 3.8) is 0 Å². The van der Waals surface area contributed by atoms with Gasteiger partial charge in [-0.15, -0.1) is 0 Å². The van der Waals surface area contributed by atoms with Gasteiger partial charge in [-0.05, 0) is 46.2 Å². The van der Waals surface area contributed by atoms with Crippen molar-refractivity contribution in [1.29, 1.82) is 0 Å². The van der Waals surface area contributed by atoms with Gasteiger partial charge in [0.05, 0.1) is 0 Å². The molecule has 1 fully saturated rings. The van der Waals surface area contributed by atoms with Gasteiger partial charge in [-0.3, -0.25) is 0 Å². The van der Waals surface area contributed by atoms with E-state index < -0.39 is 6.43 Å². The summed E-state index contributed by atoms with van der Waals surface area (Å²) in [5.41, 5.74) is -0.0624. The molecular formula is C17H24F2N6. The van der Waals surface area contributed by atoms with Crippen LogP contribution in [0.2, 0.25) is 0 Å². The second-order valence-electron chi connectivity index (χ2n) is 7.39. The van der Waals surface area contributed by atoms with Crippen molar-refractivity contribution in [3.8, 4) is 0 Å². The van der Waals surface area contributed by atoms with E-state index in [-0.39, 0.29) is 17.3 Å². The number of alkyl halides is 2. The van der Waals surface area contributed by atoms with Crippen LogP contribution in [0.3, 0.4) is 0 Å². The number of nitrogens with one attached hydrogen (secondary N) is 3. The van der Waals surface area contributed by atoms with Crippen molar-refractivity contribution >= 4 is 22.7 Å². The molecule has 0 aliphatic carbocycles. The lowest BCUT2D eigenvalue weighted by atomic mass is 10.1. The summed E-state index contributed by atoms with van der Waals surface area (Å²) < 4.78 is 26.3. The molecule has 0 radical (unpaired) electrons. The Balaban J connectivity index is 1.97. The first-order valence-electron chi connectivity index (χ1n) is 8.53. The molecule has 3 rings (SSSR count). The lowest BCUT2D eigenvalue weighted by Gasteiger charge is -2.24. The fourth-order valence-corrected chi connectivity index (χ4v) is 2.84. The minimum absolute atomic E-state index is 0.263. The maximum atomic E-state index is 13.1. The zero-order valence-corrected chi connectivity index (χ0v) is 14.7. The van der Waals surface area contributed by atoms with Crippen LogP contribution in [0.1, 0.15) is 45.7 Å². The SMILES string of the molecule is CC(C)(C)Nc1nc(C(F)F)cc2cnc(NC3CCCNC3)nc12. The van der Waals surface area contributed by atoms with Crippen molar-refractivity contribution < 1.29 is 8.78 Å². The molecule has 2 aromatic rings. The van der Waals surface area contributed by atoms with Gasteiger partial charge in [0.1, 0.15) is 11.2 Å². The van der Waals surface area contributed by atoms with Gasteiger partial charge < -0.3 is 16.0 Å². The van der Waals surface area contributed by atoms with Crippen LogP contribution in [0.4, 0.5) is 20.5 Å². The monoisotopic (exact) mass is 350 g/mol. The number of hydrogen-bond donors (Lipinski definition) is 3. The molecule has 0 spiro atoms. The van der Waals surface area contributed by atoms with Gasteiger partial charge in [0.2, 0.25) is 5.95 Å². The third-order valence-electron chi connectivity index (χ3n) is 3.93.